The molecule has 2 amide bonds. The molecule has 0 fully saturated rings. The molecule has 0 saturated heterocycles. The van der Waals surface area contributed by atoms with Crippen LogP contribution in [0.2, 0.25) is 0 Å². The van der Waals surface area contributed by atoms with Crippen molar-refractivity contribution in [1.29, 1.82) is 5.41 Å². The summed E-state index contributed by atoms with van der Waals surface area (Å²) in [5.74, 6) is -0.000148. The Kier molecular flexibility index (Phi) is 5.50. The molecule has 0 atom stereocenters. The molecular formula is C11H17N5O. The van der Waals surface area contributed by atoms with Crippen molar-refractivity contribution in [2.45, 2.75) is 19.8 Å². The van der Waals surface area contributed by atoms with Crippen LogP contribution in [0.15, 0.2) is 24.5 Å². The molecule has 1 aromatic heterocycles. The van der Waals surface area contributed by atoms with Crippen LogP contribution in [-0.4, -0.2) is 23.5 Å². The van der Waals surface area contributed by atoms with Crippen LogP contribution in [0.25, 0.3) is 0 Å². The van der Waals surface area contributed by atoms with Crippen LogP contribution in [-0.2, 0) is 0 Å². The number of unbranched alkanes of at least 4 members (excludes halogenated alkanes) is 1. The minimum atomic E-state index is -0.452. The number of hydrogen-bond donors (Lipinski definition) is 4. The quantitative estimate of drug-likeness (QED) is 0.362. The number of pyridine rings is 1. The van der Waals surface area contributed by atoms with E-state index in [1.54, 1.807) is 18.3 Å². The molecule has 0 radical (unpaired) electrons. The molecule has 1 aromatic rings. The van der Waals surface area contributed by atoms with Crippen molar-refractivity contribution in [3.05, 3.63) is 24.5 Å². The summed E-state index contributed by atoms with van der Waals surface area (Å²) < 4.78 is 0. The minimum absolute atomic E-state index is 0.000148. The average Bonchev–Trinajstić information content (AvgIpc) is 2.30. The molecule has 0 aliphatic carbocycles. The van der Waals surface area contributed by atoms with Crippen molar-refractivity contribution < 1.29 is 4.79 Å². The highest BCUT2D eigenvalue weighted by atomic mass is 16.2. The lowest BCUT2D eigenvalue weighted by Crippen LogP contribution is -2.42. The number of urea groups is 1. The van der Waals surface area contributed by atoms with Crippen molar-refractivity contribution in [2.24, 2.45) is 0 Å². The van der Waals surface area contributed by atoms with E-state index in [2.05, 4.69) is 27.9 Å². The van der Waals surface area contributed by atoms with Gasteiger partial charge in [0.25, 0.3) is 0 Å². The molecule has 17 heavy (non-hydrogen) atoms. The maximum absolute atomic E-state index is 11.4. The van der Waals surface area contributed by atoms with E-state index in [0.29, 0.717) is 12.2 Å². The van der Waals surface area contributed by atoms with Gasteiger partial charge in [0.1, 0.15) is 0 Å². The van der Waals surface area contributed by atoms with Gasteiger partial charge in [-0.25, -0.2) is 4.79 Å². The SMILES string of the molecule is CCCCNC(=N)NC(=O)Nc1cccnc1. The number of nitrogens with one attached hydrogen (secondary N) is 4. The van der Waals surface area contributed by atoms with E-state index in [0.717, 1.165) is 12.8 Å². The molecule has 4 N–H and O–H groups in total. The van der Waals surface area contributed by atoms with Crippen molar-refractivity contribution in [3.63, 3.8) is 0 Å². The van der Waals surface area contributed by atoms with Gasteiger partial charge < -0.3 is 10.6 Å². The summed E-state index contributed by atoms with van der Waals surface area (Å²) in [6.45, 7) is 2.75. The van der Waals surface area contributed by atoms with Crippen LogP contribution in [0.4, 0.5) is 10.5 Å². The first-order chi connectivity index (χ1) is 8.22. The lowest BCUT2D eigenvalue weighted by atomic mass is 10.3. The number of nitrogens with zero attached hydrogens (tertiary/aromatic N) is 1. The third kappa shape index (κ3) is 5.50. The van der Waals surface area contributed by atoms with Crippen LogP contribution in [0.5, 0.6) is 0 Å². The lowest BCUT2D eigenvalue weighted by Gasteiger charge is -2.09. The van der Waals surface area contributed by atoms with E-state index in [-0.39, 0.29) is 5.96 Å². The highest BCUT2D eigenvalue weighted by molar-refractivity contribution is 6.01. The number of aromatic nitrogens is 1. The molecule has 0 unspecified atom stereocenters. The molecule has 6 heteroatoms. The Balaban J connectivity index is 2.27. The summed E-state index contributed by atoms with van der Waals surface area (Å²) in [7, 11) is 0. The van der Waals surface area contributed by atoms with Gasteiger partial charge in [-0.1, -0.05) is 13.3 Å². The molecular weight excluding hydrogens is 218 g/mol. The Morgan fingerprint density at radius 2 is 2.35 bits per heavy atom. The maximum Gasteiger partial charge on any atom is 0.326 e. The fourth-order valence-corrected chi connectivity index (χ4v) is 1.15. The maximum atomic E-state index is 11.4. The average molecular weight is 235 g/mol. The molecule has 0 spiro atoms. The molecule has 0 aromatic carbocycles. The Morgan fingerprint density at radius 1 is 1.53 bits per heavy atom. The topological polar surface area (TPSA) is 89.9 Å². The van der Waals surface area contributed by atoms with Gasteiger partial charge >= 0.3 is 6.03 Å². The van der Waals surface area contributed by atoms with Gasteiger partial charge in [0.15, 0.2) is 5.96 Å². The van der Waals surface area contributed by atoms with Crippen LogP contribution in [0.3, 0.4) is 0 Å². The number of rotatable bonds is 4. The number of hydrogen-bond acceptors (Lipinski definition) is 3. The number of anilines is 1. The zero-order valence-corrected chi connectivity index (χ0v) is 9.79. The van der Waals surface area contributed by atoms with Crippen molar-refractivity contribution in [1.82, 2.24) is 15.6 Å². The normalized spacial score (nSPS) is 9.47. The molecule has 1 rings (SSSR count). The van der Waals surface area contributed by atoms with Gasteiger partial charge in [-0.2, -0.15) is 0 Å². The van der Waals surface area contributed by atoms with E-state index in [9.17, 15) is 4.79 Å². The fourth-order valence-electron chi connectivity index (χ4n) is 1.15. The number of carbonyl (C=O) groups is 1. The number of carbonyl (C=O) groups excluding carboxylic acids is 1. The third-order valence-electron chi connectivity index (χ3n) is 1.99. The zero-order valence-electron chi connectivity index (χ0n) is 9.79. The highest BCUT2D eigenvalue weighted by Gasteiger charge is 2.03. The molecule has 0 bridgehead atoms. The molecule has 0 saturated carbocycles. The number of guanidine groups is 1. The second-order valence-electron chi connectivity index (χ2n) is 3.48. The minimum Gasteiger partial charge on any atom is -0.356 e. The number of amides is 2. The first kappa shape index (κ1) is 13.0. The van der Waals surface area contributed by atoms with Gasteiger partial charge in [0.2, 0.25) is 0 Å². The third-order valence-corrected chi connectivity index (χ3v) is 1.99. The molecule has 0 aliphatic heterocycles. The van der Waals surface area contributed by atoms with Crippen LogP contribution in [0.1, 0.15) is 19.8 Å². The van der Waals surface area contributed by atoms with E-state index >= 15 is 0 Å². The zero-order chi connectivity index (χ0) is 12.5. The van der Waals surface area contributed by atoms with Crippen LogP contribution in [0, 0.1) is 5.41 Å². The van der Waals surface area contributed by atoms with E-state index < -0.39 is 6.03 Å². The van der Waals surface area contributed by atoms with E-state index in [1.165, 1.54) is 6.20 Å². The second kappa shape index (κ2) is 7.21. The lowest BCUT2D eigenvalue weighted by molar-refractivity contribution is 0.256. The van der Waals surface area contributed by atoms with E-state index in [1.807, 2.05) is 0 Å². The Hall–Kier alpha value is -2.11. The van der Waals surface area contributed by atoms with Crippen molar-refractivity contribution >= 4 is 17.7 Å². The van der Waals surface area contributed by atoms with Crippen LogP contribution >= 0.6 is 0 Å². The van der Waals surface area contributed by atoms with Gasteiger partial charge in [-0.3, -0.25) is 15.7 Å². The summed E-state index contributed by atoms with van der Waals surface area (Å²) in [5, 5.41) is 15.2. The van der Waals surface area contributed by atoms with Gasteiger partial charge in [-0.05, 0) is 18.6 Å². The van der Waals surface area contributed by atoms with E-state index in [4.69, 9.17) is 5.41 Å². The first-order valence-corrected chi connectivity index (χ1v) is 5.53. The van der Waals surface area contributed by atoms with Crippen molar-refractivity contribution in [2.75, 3.05) is 11.9 Å². The Labute approximate surface area is 100 Å². The fraction of sp³-hybridized carbons (Fsp3) is 0.364. The summed E-state index contributed by atoms with van der Waals surface area (Å²) in [6.07, 6.45) is 5.17. The molecule has 0 aliphatic rings. The smallest absolute Gasteiger partial charge is 0.326 e. The molecule has 6 nitrogen and oxygen atoms in total. The summed E-state index contributed by atoms with van der Waals surface area (Å²) >= 11 is 0. The summed E-state index contributed by atoms with van der Waals surface area (Å²) in [6, 6.07) is 2.99. The molecule has 92 valence electrons. The monoisotopic (exact) mass is 235 g/mol. The predicted octanol–water partition coefficient (Wildman–Crippen LogP) is 1.53. The summed E-state index contributed by atoms with van der Waals surface area (Å²) in [4.78, 5) is 15.3. The van der Waals surface area contributed by atoms with Crippen molar-refractivity contribution in [3.8, 4) is 0 Å². The van der Waals surface area contributed by atoms with Gasteiger partial charge in [0.05, 0.1) is 11.9 Å². The van der Waals surface area contributed by atoms with Crippen LogP contribution < -0.4 is 16.0 Å². The second-order valence-corrected chi connectivity index (χ2v) is 3.48. The Bertz CT molecular complexity index is 365. The predicted molar refractivity (Wildman–Crippen MR) is 67.0 cm³/mol. The molecule has 1 heterocycles. The van der Waals surface area contributed by atoms with Gasteiger partial charge in [0, 0.05) is 12.7 Å². The standard InChI is InChI=1S/C11H17N5O/c1-2-3-7-14-10(12)16-11(17)15-9-5-4-6-13-8-9/h4-6,8H,2-3,7H2,1H3,(H4,12,14,15,16,17). The highest BCUT2D eigenvalue weighted by Crippen LogP contribution is 2.01. The summed E-state index contributed by atoms with van der Waals surface area (Å²) in [5.41, 5.74) is 0.589. The first-order valence-electron chi connectivity index (χ1n) is 5.53. The van der Waals surface area contributed by atoms with Gasteiger partial charge in [-0.15, -0.1) is 0 Å². The largest absolute Gasteiger partial charge is 0.356 e. The Morgan fingerprint density at radius 3 is 3.00 bits per heavy atom.